The minimum atomic E-state index is 0.589. The first kappa shape index (κ1) is 13.8. The SMILES string of the molecule is CN(c1ccc(CCN)c(Br)c1)C1CCOCC1. The topological polar surface area (TPSA) is 38.5 Å². The van der Waals surface area contributed by atoms with Crippen LogP contribution < -0.4 is 10.6 Å². The number of ether oxygens (including phenoxy) is 1. The molecule has 0 amide bonds. The normalized spacial score (nSPS) is 16.8. The van der Waals surface area contributed by atoms with Gasteiger partial charge in [-0.25, -0.2) is 0 Å². The zero-order valence-corrected chi connectivity index (χ0v) is 12.4. The van der Waals surface area contributed by atoms with Crippen molar-refractivity contribution in [1.82, 2.24) is 0 Å². The van der Waals surface area contributed by atoms with E-state index in [1.165, 1.54) is 11.3 Å². The van der Waals surface area contributed by atoms with Crippen molar-refractivity contribution in [3.63, 3.8) is 0 Å². The third-order valence-electron chi connectivity index (χ3n) is 3.60. The highest BCUT2D eigenvalue weighted by Gasteiger charge is 2.19. The lowest BCUT2D eigenvalue weighted by molar-refractivity contribution is 0.0855. The highest BCUT2D eigenvalue weighted by molar-refractivity contribution is 9.10. The molecule has 1 aromatic rings. The zero-order chi connectivity index (χ0) is 13.0. The first-order valence-electron chi connectivity index (χ1n) is 6.51. The van der Waals surface area contributed by atoms with E-state index in [9.17, 15) is 0 Å². The largest absolute Gasteiger partial charge is 0.381 e. The van der Waals surface area contributed by atoms with Gasteiger partial charge >= 0.3 is 0 Å². The molecule has 0 unspecified atom stereocenters. The standard InChI is InChI=1S/C14H21BrN2O/c1-17(12-5-8-18-9-6-12)13-3-2-11(4-7-16)14(15)10-13/h2-3,10,12H,4-9,16H2,1H3. The van der Waals surface area contributed by atoms with Crippen molar-refractivity contribution >= 4 is 21.6 Å². The molecule has 1 heterocycles. The second-order valence-electron chi connectivity index (χ2n) is 4.77. The monoisotopic (exact) mass is 312 g/mol. The maximum absolute atomic E-state index is 5.60. The Hall–Kier alpha value is -0.580. The number of hydrogen-bond acceptors (Lipinski definition) is 3. The van der Waals surface area contributed by atoms with Gasteiger partial charge in [0.2, 0.25) is 0 Å². The van der Waals surface area contributed by atoms with Crippen molar-refractivity contribution < 1.29 is 4.74 Å². The second-order valence-corrected chi connectivity index (χ2v) is 5.62. The van der Waals surface area contributed by atoms with E-state index in [1.54, 1.807) is 0 Å². The minimum absolute atomic E-state index is 0.589. The molecule has 0 spiro atoms. The van der Waals surface area contributed by atoms with E-state index >= 15 is 0 Å². The summed E-state index contributed by atoms with van der Waals surface area (Å²) in [7, 11) is 2.17. The smallest absolute Gasteiger partial charge is 0.0485 e. The van der Waals surface area contributed by atoms with E-state index in [1.807, 2.05) is 0 Å². The van der Waals surface area contributed by atoms with Crippen LogP contribution in [-0.2, 0) is 11.2 Å². The summed E-state index contributed by atoms with van der Waals surface area (Å²) in [6.07, 6.45) is 3.14. The van der Waals surface area contributed by atoms with Gasteiger partial charge in [-0.15, -0.1) is 0 Å². The highest BCUT2D eigenvalue weighted by atomic mass is 79.9. The van der Waals surface area contributed by atoms with Crippen LogP contribution in [0.3, 0.4) is 0 Å². The third-order valence-corrected chi connectivity index (χ3v) is 4.33. The fraction of sp³-hybridized carbons (Fsp3) is 0.571. The summed E-state index contributed by atoms with van der Waals surface area (Å²) in [4.78, 5) is 2.36. The quantitative estimate of drug-likeness (QED) is 0.928. The van der Waals surface area contributed by atoms with Gasteiger partial charge in [-0.1, -0.05) is 22.0 Å². The molecule has 0 saturated carbocycles. The Balaban J connectivity index is 2.10. The summed E-state index contributed by atoms with van der Waals surface area (Å²) in [6.45, 7) is 2.44. The molecule has 0 atom stereocenters. The minimum Gasteiger partial charge on any atom is -0.381 e. The van der Waals surface area contributed by atoms with E-state index in [4.69, 9.17) is 10.5 Å². The summed E-state index contributed by atoms with van der Waals surface area (Å²) in [5.41, 5.74) is 8.14. The average molecular weight is 313 g/mol. The van der Waals surface area contributed by atoms with Crippen molar-refractivity contribution in [3.8, 4) is 0 Å². The van der Waals surface area contributed by atoms with Crippen LogP contribution in [0.4, 0.5) is 5.69 Å². The van der Waals surface area contributed by atoms with Gasteiger partial charge in [-0.05, 0) is 43.5 Å². The molecule has 0 bridgehead atoms. The van der Waals surface area contributed by atoms with Gasteiger partial charge < -0.3 is 15.4 Å². The number of halogens is 1. The fourth-order valence-corrected chi connectivity index (χ4v) is 2.96. The molecular weight excluding hydrogens is 292 g/mol. The molecule has 1 aliphatic heterocycles. The molecule has 0 radical (unpaired) electrons. The Kier molecular flexibility index (Phi) is 5.03. The number of rotatable bonds is 4. The second kappa shape index (κ2) is 6.55. The van der Waals surface area contributed by atoms with Crippen molar-refractivity contribution in [1.29, 1.82) is 0 Å². The van der Waals surface area contributed by atoms with Crippen molar-refractivity contribution in [2.75, 3.05) is 31.7 Å². The third kappa shape index (κ3) is 3.25. The lowest BCUT2D eigenvalue weighted by Gasteiger charge is -2.33. The summed E-state index contributed by atoms with van der Waals surface area (Å²) in [6, 6.07) is 7.14. The molecule has 1 aliphatic rings. The summed E-state index contributed by atoms with van der Waals surface area (Å²) in [5.74, 6) is 0. The zero-order valence-electron chi connectivity index (χ0n) is 10.9. The van der Waals surface area contributed by atoms with Gasteiger partial charge in [0.25, 0.3) is 0 Å². The summed E-state index contributed by atoms with van der Waals surface area (Å²) < 4.78 is 6.57. The summed E-state index contributed by atoms with van der Waals surface area (Å²) >= 11 is 3.63. The van der Waals surface area contributed by atoms with Crippen molar-refractivity contribution in [2.45, 2.75) is 25.3 Å². The maximum atomic E-state index is 5.60. The Morgan fingerprint density at radius 1 is 1.39 bits per heavy atom. The molecular formula is C14H21BrN2O. The Morgan fingerprint density at radius 2 is 2.11 bits per heavy atom. The van der Waals surface area contributed by atoms with Gasteiger partial charge in [0, 0.05) is 36.5 Å². The van der Waals surface area contributed by atoms with Crippen LogP contribution in [-0.4, -0.2) is 32.8 Å². The van der Waals surface area contributed by atoms with Crippen molar-refractivity contribution in [3.05, 3.63) is 28.2 Å². The van der Waals surface area contributed by atoms with Gasteiger partial charge in [0.1, 0.15) is 0 Å². The van der Waals surface area contributed by atoms with Crippen LogP contribution >= 0.6 is 15.9 Å². The molecule has 100 valence electrons. The summed E-state index contributed by atoms with van der Waals surface area (Å²) in [5, 5.41) is 0. The van der Waals surface area contributed by atoms with Crippen molar-refractivity contribution in [2.24, 2.45) is 5.73 Å². The molecule has 1 aromatic carbocycles. The number of nitrogens with two attached hydrogens (primary N) is 1. The number of benzene rings is 1. The van der Waals surface area contributed by atoms with Crippen LogP contribution in [0.5, 0.6) is 0 Å². The highest BCUT2D eigenvalue weighted by Crippen LogP contribution is 2.27. The Morgan fingerprint density at radius 3 is 2.72 bits per heavy atom. The van der Waals surface area contributed by atoms with Gasteiger partial charge in [-0.2, -0.15) is 0 Å². The van der Waals surface area contributed by atoms with Crippen LogP contribution in [0, 0.1) is 0 Å². The average Bonchev–Trinajstić information content (AvgIpc) is 2.41. The predicted molar refractivity (Wildman–Crippen MR) is 79.1 cm³/mol. The number of hydrogen-bond donors (Lipinski definition) is 1. The van der Waals surface area contributed by atoms with Gasteiger partial charge in [0.05, 0.1) is 0 Å². The molecule has 0 aliphatic carbocycles. The van der Waals surface area contributed by atoms with E-state index < -0.39 is 0 Å². The van der Waals surface area contributed by atoms with E-state index in [0.29, 0.717) is 12.6 Å². The van der Waals surface area contributed by atoms with E-state index in [2.05, 4.69) is 46.1 Å². The first-order valence-corrected chi connectivity index (χ1v) is 7.30. The van der Waals surface area contributed by atoms with Gasteiger partial charge in [-0.3, -0.25) is 0 Å². The van der Waals surface area contributed by atoms with Crippen LogP contribution in [0.25, 0.3) is 0 Å². The van der Waals surface area contributed by atoms with Crippen LogP contribution in [0.2, 0.25) is 0 Å². The first-order chi connectivity index (χ1) is 8.72. The lowest BCUT2D eigenvalue weighted by atomic mass is 10.1. The lowest BCUT2D eigenvalue weighted by Crippen LogP contribution is -2.36. The molecule has 1 fully saturated rings. The predicted octanol–water partition coefficient (Wildman–Crippen LogP) is 2.57. The molecule has 18 heavy (non-hydrogen) atoms. The van der Waals surface area contributed by atoms with E-state index in [-0.39, 0.29) is 0 Å². The Bertz CT molecular complexity index is 391. The number of anilines is 1. The molecule has 2 N–H and O–H groups in total. The molecule has 3 nitrogen and oxygen atoms in total. The fourth-order valence-electron chi connectivity index (χ4n) is 2.40. The van der Waals surface area contributed by atoms with E-state index in [0.717, 1.165) is 36.9 Å². The maximum Gasteiger partial charge on any atom is 0.0485 e. The molecule has 2 rings (SSSR count). The Labute approximate surface area is 117 Å². The number of nitrogens with zero attached hydrogens (tertiary/aromatic N) is 1. The molecule has 1 saturated heterocycles. The molecule has 4 heteroatoms. The van der Waals surface area contributed by atoms with Gasteiger partial charge in [0.15, 0.2) is 0 Å². The van der Waals surface area contributed by atoms with Crippen LogP contribution in [0.15, 0.2) is 22.7 Å². The molecule has 0 aromatic heterocycles. The van der Waals surface area contributed by atoms with Crippen LogP contribution in [0.1, 0.15) is 18.4 Å².